The summed E-state index contributed by atoms with van der Waals surface area (Å²) in [4.78, 5) is 39.9. The molecule has 34 heavy (non-hydrogen) atoms. The number of phenolic OH excluding ortho intramolecular Hbond substituents is 1. The second-order valence-corrected chi connectivity index (χ2v) is 9.01. The van der Waals surface area contributed by atoms with Crippen LogP contribution in [0.3, 0.4) is 0 Å². The molecule has 0 saturated carbocycles. The highest BCUT2D eigenvalue weighted by Gasteiger charge is 2.28. The predicted molar refractivity (Wildman–Crippen MR) is 128 cm³/mol. The van der Waals surface area contributed by atoms with E-state index in [0.717, 1.165) is 11.1 Å². The smallest absolute Gasteiger partial charge is 0.258 e. The van der Waals surface area contributed by atoms with Gasteiger partial charge in [0.15, 0.2) is 5.78 Å². The lowest BCUT2D eigenvalue weighted by Crippen LogP contribution is -2.30. The summed E-state index contributed by atoms with van der Waals surface area (Å²) < 4.78 is 0. The minimum absolute atomic E-state index is 0.112. The number of hydrogen-bond acceptors (Lipinski definition) is 6. The Kier molecular flexibility index (Phi) is 6.65. The van der Waals surface area contributed by atoms with Crippen molar-refractivity contribution in [2.45, 2.75) is 33.4 Å². The molecule has 4 N–H and O–H groups in total. The number of hydrogen-bond donors (Lipinski definition) is 4. The zero-order valence-electron chi connectivity index (χ0n) is 19.6. The number of aromatic hydroxyl groups is 1. The van der Waals surface area contributed by atoms with Gasteiger partial charge in [0.1, 0.15) is 11.4 Å². The van der Waals surface area contributed by atoms with E-state index in [9.17, 15) is 19.5 Å². The lowest BCUT2D eigenvalue weighted by Gasteiger charge is -2.16. The number of nitrogens with zero attached hydrogens (tertiary/aromatic N) is 2. The molecule has 2 amide bonds. The van der Waals surface area contributed by atoms with Crippen molar-refractivity contribution >= 4 is 28.5 Å². The summed E-state index contributed by atoms with van der Waals surface area (Å²) in [5.41, 5.74) is 3.28. The molecule has 0 radical (unpaired) electrons. The molecule has 9 heteroatoms. The van der Waals surface area contributed by atoms with E-state index in [4.69, 9.17) is 0 Å². The molecule has 1 aliphatic heterocycles. The molecule has 178 valence electrons. The third-order valence-corrected chi connectivity index (χ3v) is 5.91. The quantitative estimate of drug-likeness (QED) is 0.300. The maximum Gasteiger partial charge on any atom is 0.258 e. The number of ketones is 1. The van der Waals surface area contributed by atoms with Gasteiger partial charge in [0, 0.05) is 49.6 Å². The van der Waals surface area contributed by atoms with Crippen LogP contribution < -0.4 is 10.6 Å². The van der Waals surface area contributed by atoms with Crippen molar-refractivity contribution in [1.29, 1.82) is 0 Å². The van der Waals surface area contributed by atoms with Crippen molar-refractivity contribution < 1.29 is 19.5 Å². The SMILES string of the molecule is CNCCNC(=O)c1ccc2c(c1)CN(C(=O)c1cc3c(C(=O)CC(C)C)n[nH]c3cc1O)C2. The Morgan fingerprint density at radius 3 is 2.62 bits per heavy atom. The summed E-state index contributed by atoms with van der Waals surface area (Å²) in [6, 6.07) is 8.38. The maximum absolute atomic E-state index is 13.3. The van der Waals surface area contributed by atoms with Crippen LogP contribution in [-0.4, -0.2) is 57.9 Å². The number of benzene rings is 2. The third-order valence-electron chi connectivity index (χ3n) is 5.91. The fourth-order valence-electron chi connectivity index (χ4n) is 4.16. The second kappa shape index (κ2) is 9.64. The summed E-state index contributed by atoms with van der Waals surface area (Å²) >= 11 is 0. The van der Waals surface area contributed by atoms with Crippen LogP contribution >= 0.6 is 0 Å². The monoisotopic (exact) mass is 463 g/mol. The standard InChI is InChI=1S/C25H29N5O4/c1-14(2)8-22(32)23-18-10-19(21(31)11-20(18)28-29-23)25(34)30-12-16-5-4-15(9-17(16)13-30)24(33)27-7-6-26-3/h4-5,9-11,14,26,31H,6-8,12-13H2,1-3H3,(H,27,33)(H,28,29). The number of carbonyl (C=O) groups excluding carboxylic acids is 3. The Bertz CT molecular complexity index is 1260. The number of H-pyrrole nitrogens is 1. The zero-order valence-corrected chi connectivity index (χ0v) is 19.6. The number of Topliss-reactive ketones (excluding diaryl/α,β-unsaturated/α-hetero) is 1. The fraction of sp³-hybridized carbons (Fsp3) is 0.360. The summed E-state index contributed by atoms with van der Waals surface area (Å²) in [5.74, 6) is -0.622. The Morgan fingerprint density at radius 2 is 1.88 bits per heavy atom. The molecule has 2 heterocycles. The molecule has 3 aromatic rings. The molecule has 0 unspecified atom stereocenters. The minimum Gasteiger partial charge on any atom is -0.507 e. The van der Waals surface area contributed by atoms with Crippen molar-refractivity contribution in [2.75, 3.05) is 20.1 Å². The summed E-state index contributed by atoms with van der Waals surface area (Å²) in [6.07, 6.45) is 0.344. The Labute approximate surface area is 197 Å². The number of amides is 2. The largest absolute Gasteiger partial charge is 0.507 e. The molecule has 1 aromatic heterocycles. The lowest BCUT2D eigenvalue weighted by atomic mass is 10.0. The van der Waals surface area contributed by atoms with Crippen LogP contribution in [0.25, 0.3) is 10.9 Å². The number of phenols is 1. The molecule has 0 saturated heterocycles. The first kappa shape index (κ1) is 23.4. The van der Waals surface area contributed by atoms with Crippen molar-refractivity contribution in [2.24, 2.45) is 5.92 Å². The molecule has 4 rings (SSSR count). The fourth-order valence-corrected chi connectivity index (χ4v) is 4.16. The van der Waals surface area contributed by atoms with Gasteiger partial charge in [-0.2, -0.15) is 5.10 Å². The van der Waals surface area contributed by atoms with Crippen LogP contribution in [0.15, 0.2) is 30.3 Å². The van der Waals surface area contributed by atoms with E-state index in [0.29, 0.717) is 49.1 Å². The van der Waals surface area contributed by atoms with Crippen LogP contribution in [0.5, 0.6) is 5.75 Å². The second-order valence-electron chi connectivity index (χ2n) is 9.01. The first-order chi connectivity index (χ1) is 16.3. The zero-order chi connectivity index (χ0) is 24.4. The highest BCUT2D eigenvalue weighted by Crippen LogP contribution is 2.31. The number of rotatable bonds is 8. The van der Waals surface area contributed by atoms with E-state index < -0.39 is 0 Å². The number of aromatic amines is 1. The lowest BCUT2D eigenvalue weighted by molar-refractivity contribution is 0.0748. The first-order valence-corrected chi connectivity index (χ1v) is 11.4. The van der Waals surface area contributed by atoms with Crippen LogP contribution in [-0.2, 0) is 13.1 Å². The van der Waals surface area contributed by atoms with Gasteiger partial charge in [-0.25, -0.2) is 0 Å². The number of nitrogens with one attached hydrogen (secondary N) is 3. The minimum atomic E-state index is -0.348. The van der Waals surface area contributed by atoms with Crippen LogP contribution in [0, 0.1) is 5.92 Å². The van der Waals surface area contributed by atoms with Gasteiger partial charge in [0.2, 0.25) is 0 Å². The summed E-state index contributed by atoms with van der Waals surface area (Å²) in [5, 5.41) is 23.8. The van der Waals surface area contributed by atoms with Gasteiger partial charge in [0.25, 0.3) is 11.8 Å². The highest BCUT2D eigenvalue weighted by atomic mass is 16.3. The van der Waals surface area contributed by atoms with Crippen LogP contribution in [0.2, 0.25) is 0 Å². The van der Waals surface area contributed by atoms with E-state index in [1.165, 1.54) is 12.1 Å². The summed E-state index contributed by atoms with van der Waals surface area (Å²) in [6.45, 7) is 5.81. The van der Waals surface area contributed by atoms with Gasteiger partial charge in [-0.1, -0.05) is 19.9 Å². The van der Waals surface area contributed by atoms with Crippen molar-refractivity contribution in [3.63, 3.8) is 0 Å². The van der Waals surface area contributed by atoms with Crippen LogP contribution in [0.1, 0.15) is 62.6 Å². The van der Waals surface area contributed by atoms with Gasteiger partial charge < -0.3 is 20.6 Å². The first-order valence-electron chi connectivity index (χ1n) is 11.4. The number of aromatic nitrogens is 2. The molecule has 0 aliphatic carbocycles. The molecule has 0 atom stereocenters. The van der Waals surface area contributed by atoms with E-state index in [2.05, 4.69) is 20.8 Å². The number of fused-ring (bicyclic) bond motifs is 2. The number of likely N-dealkylation sites (N-methyl/N-ethyl adjacent to an activating group) is 1. The molecule has 0 spiro atoms. The maximum atomic E-state index is 13.3. The van der Waals surface area contributed by atoms with Crippen molar-refractivity contribution in [3.8, 4) is 5.75 Å². The Hall–Kier alpha value is -3.72. The van der Waals surface area contributed by atoms with Gasteiger partial charge >= 0.3 is 0 Å². The molecule has 9 nitrogen and oxygen atoms in total. The molecule has 0 fully saturated rings. The average Bonchev–Trinajstić information content (AvgIpc) is 3.41. The number of carbonyl (C=O) groups is 3. The molecular formula is C25H29N5O4. The van der Waals surface area contributed by atoms with Gasteiger partial charge in [0.05, 0.1) is 11.1 Å². The normalized spacial score (nSPS) is 12.9. The summed E-state index contributed by atoms with van der Waals surface area (Å²) in [7, 11) is 1.82. The van der Waals surface area contributed by atoms with E-state index in [1.54, 1.807) is 17.0 Å². The van der Waals surface area contributed by atoms with Gasteiger partial charge in [-0.05, 0) is 42.3 Å². The van der Waals surface area contributed by atoms with E-state index in [1.807, 2.05) is 27.0 Å². The van der Waals surface area contributed by atoms with Gasteiger partial charge in [-0.15, -0.1) is 0 Å². The van der Waals surface area contributed by atoms with E-state index in [-0.39, 0.29) is 40.5 Å². The molecule has 2 aromatic carbocycles. The molecule has 1 aliphatic rings. The molecule has 0 bridgehead atoms. The van der Waals surface area contributed by atoms with E-state index >= 15 is 0 Å². The van der Waals surface area contributed by atoms with Crippen molar-refractivity contribution in [3.05, 3.63) is 58.3 Å². The van der Waals surface area contributed by atoms with Crippen LogP contribution in [0.4, 0.5) is 0 Å². The topological polar surface area (TPSA) is 127 Å². The van der Waals surface area contributed by atoms with Gasteiger partial charge in [-0.3, -0.25) is 19.5 Å². The average molecular weight is 464 g/mol. The van der Waals surface area contributed by atoms with Crippen molar-refractivity contribution in [1.82, 2.24) is 25.7 Å². The highest BCUT2D eigenvalue weighted by molar-refractivity contribution is 6.09. The Morgan fingerprint density at radius 1 is 1.12 bits per heavy atom. The molecular weight excluding hydrogens is 434 g/mol. The predicted octanol–water partition coefficient (Wildman–Crippen LogP) is 2.60. The Balaban J connectivity index is 1.55. The third kappa shape index (κ3) is 4.65.